The first-order chi connectivity index (χ1) is 15.5. The third-order valence-electron chi connectivity index (χ3n) is 6.32. The number of hydrogen-bond donors (Lipinski definition) is 3. The Labute approximate surface area is 184 Å². The van der Waals surface area contributed by atoms with E-state index < -0.39 is 30.7 Å². The fourth-order valence-electron chi connectivity index (χ4n) is 4.57. The minimum atomic E-state index is -1.96. The Morgan fingerprint density at radius 3 is 2.88 bits per heavy atom. The third kappa shape index (κ3) is 3.71. The Morgan fingerprint density at radius 1 is 1.25 bits per heavy atom. The monoisotopic (exact) mass is 439 g/mol. The number of carbonyl (C=O) groups is 1. The molecule has 9 heteroatoms. The molecule has 2 unspecified atom stereocenters. The molecule has 3 heterocycles. The minimum Gasteiger partial charge on any atom is -0.464 e. The number of carbonyl (C=O) groups excluding carboxylic acids is 1. The van der Waals surface area contributed by atoms with E-state index in [1.54, 1.807) is 24.3 Å². The Morgan fingerprint density at radius 2 is 2.09 bits per heavy atom. The molecular formula is C23H23BFNO6. The predicted molar refractivity (Wildman–Crippen MR) is 114 cm³/mol. The van der Waals surface area contributed by atoms with Gasteiger partial charge in [0, 0.05) is 18.4 Å². The van der Waals surface area contributed by atoms with Crippen molar-refractivity contribution in [3.05, 3.63) is 71.0 Å². The molecule has 1 aromatic heterocycles. The second-order valence-electron chi connectivity index (χ2n) is 8.35. The molecule has 2 aromatic carbocycles. The van der Waals surface area contributed by atoms with Gasteiger partial charge in [-0.3, -0.25) is 4.79 Å². The minimum absolute atomic E-state index is 0.0771. The van der Waals surface area contributed by atoms with Crippen molar-refractivity contribution < 1.29 is 33.1 Å². The molecule has 1 saturated heterocycles. The van der Waals surface area contributed by atoms with Gasteiger partial charge in [0.25, 0.3) is 5.91 Å². The maximum atomic E-state index is 15.1. The Bertz CT molecular complexity index is 1140. The molecule has 7 nitrogen and oxygen atoms in total. The summed E-state index contributed by atoms with van der Waals surface area (Å²) in [6.45, 7) is 1.43. The van der Waals surface area contributed by atoms with E-state index in [1.165, 1.54) is 6.26 Å². The molecule has 3 N–H and O–H groups in total. The van der Waals surface area contributed by atoms with Crippen molar-refractivity contribution in [2.45, 2.75) is 37.2 Å². The molecule has 2 aliphatic heterocycles. The number of fused-ring (bicyclic) bond motifs is 3. The van der Waals surface area contributed by atoms with Crippen molar-refractivity contribution in [1.82, 2.24) is 5.32 Å². The van der Waals surface area contributed by atoms with Crippen LogP contribution in [0, 0.1) is 0 Å². The third-order valence-corrected chi connectivity index (χ3v) is 6.32. The molecule has 0 bridgehead atoms. The van der Waals surface area contributed by atoms with Crippen molar-refractivity contribution in [1.29, 1.82) is 0 Å². The SMILES string of the molecule is O=C(N[C@@H](Cc1coc2ccccc12)B(O)O)C(F)c1ccc2c(c1)COC21CCOC1. The van der Waals surface area contributed by atoms with Gasteiger partial charge in [0.1, 0.15) is 11.2 Å². The summed E-state index contributed by atoms with van der Waals surface area (Å²) in [6, 6.07) is 12.3. The Kier molecular flexibility index (Phi) is 5.50. The molecule has 3 atom stereocenters. The van der Waals surface area contributed by atoms with Crippen molar-refractivity contribution in [3.63, 3.8) is 0 Å². The van der Waals surface area contributed by atoms with Gasteiger partial charge in [-0.15, -0.1) is 0 Å². The quantitative estimate of drug-likeness (QED) is 0.510. The zero-order chi connectivity index (χ0) is 22.3. The number of ether oxygens (including phenoxy) is 2. The fourth-order valence-corrected chi connectivity index (χ4v) is 4.57. The summed E-state index contributed by atoms with van der Waals surface area (Å²) < 4.78 is 31.9. The second-order valence-corrected chi connectivity index (χ2v) is 8.35. The maximum Gasteiger partial charge on any atom is 0.475 e. The zero-order valence-corrected chi connectivity index (χ0v) is 17.3. The number of para-hydroxylation sites is 1. The highest BCUT2D eigenvalue weighted by Gasteiger charge is 2.43. The molecule has 0 radical (unpaired) electrons. The van der Waals surface area contributed by atoms with Crippen LogP contribution >= 0.6 is 0 Å². The van der Waals surface area contributed by atoms with Crippen LogP contribution in [0.2, 0.25) is 0 Å². The van der Waals surface area contributed by atoms with Crippen LogP contribution in [-0.2, 0) is 32.9 Å². The second kappa shape index (κ2) is 8.33. The van der Waals surface area contributed by atoms with Crippen LogP contribution in [0.3, 0.4) is 0 Å². The molecule has 5 rings (SSSR count). The molecule has 1 spiro atoms. The van der Waals surface area contributed by atoms with Crippen molar-refractivity contribution in [2.24, 2.45) is 0 Å². The van der Waals surface area contributed by atoms with Crippen LogP contribution in [-0.4, -0.2) is 42.2 Å². The number of amides is 1. The standard InChI is InChI=1S/C23H23BFNO6/c25-21(14-5-6-18-16(9-14)12-32-23(18)7-8-30-13-23)22(27)26-20(24(28)29)10-15-11-31-19-4-2-1-3-17(15)19/h1-6,9,11,20-21,28-29H,7-8,10,12-13H2,(H,26,27)/t20-,21?,23?/m0/s1. The Balaban J connectivity index is 1.31. The maximum absolute atomic E-state index is 15.1. The lowest BCUT2D eigenvalue weighted by atomic mass is 9.75. The van der Waals surface area contributed by atoms with E-state index in [0.29, 0.717) is 31.0 Å². The van der Waals surface area contributed by atoms with E-state index in [4.69, 9.17) is 13.9 Å². The number of alkyl halides is 1. The highest BCUT2D eigenvalue weighted by molar-refractivity contribution is 6.43. The molecule has 0 saturated carbocycles. The lowest BCUT2D eigenvalue weighted by Crippen LogP contribution is -2.48. The van der Waals surface area contributed by atoms with E-state index in [-0.39, 0.29) is 12.0 Å². The van der Waals surface area contributed by atoms with Gasteiger partial charge in [-0.2, -0.15) is 0 Å². The Hall–Kier alpha value is -2.72. The van der Waals surface area contributed by atoms with Crippen LogP contribution < -0.4 is 5.32 Å². The van der Waals surface area contributed by atoms with Crippen LogP contribution in [0.5, 0.6) is 0 Å². The van der Waals surface area contributed by atoms with Gasteiger partial charge < -0.3 is 29.3 Å². The molecular weight excluding hydrogens is 416 g/mol. The lowest BCUT2D eigenvalue weighted by molar-refractivity contribution is -0.126. The molecule has 32 heavy (non-hydrogen) atoms. The van der Waals surface area contributed by atoms with Gasteiger partial charge >= 0.3 is 7.12 Å². The van der Waals surface area contributed by atoms with Gasteiger partial charge in [-0.05, 0) is 40.8 Å². The summed E-state index contributed by atoms with van der Waals surface area (Å²) in [6.07, 6.45) is 0.368. The summed E-state index contributed by atoms with van der Waals surface area (Å²) in [5, 5.41) is 22.8. The summed E-state index contributed by atoms with van der Waals surface area (Å²) in [5.41, 5.74) is 2.87. The van der Waals surface area contributed by atoms with Crippen LogP contribution in [0.1, 0.15) is 34.8 Å². The molecule has 1 fully saturated rings. The van der Waals surface area contributed by atoms with Gasteiger partial charge in [-0.25, -0.2) is 4.39 Å². The summed E-state index contributed by atoms with van der Waals surface area (Å²) >= 11 is 0. The topological polar surface area (TPSA) is 101 Å². The molecule has 3 aromatic rings. The molecule has 2 aliphatic rings. The highest BCUT2D eigenvalue weighted by atomic mass is 19.1. The fraction of sp³-hybridized carbons (Fsp3) is 0.348. The number of halogens is 1. The molecule has 0 aliphatic carbocycles. The van der Waals surface area contributed by atoms with Crippen molar-refractivity contribution in [2.75, 3.05) is 13.2 Å². The van der Waals surface area contributed by atoms with E-state index in [1.807, 2.05) is 18.2 Å². The number of furan rings is 1. The van der Waals surface area contributed by atoms with Gasteiger partial charge in [-0.1, -0.05) is 30.3 Å². The van der Waals surface area contributed by atoms with E-state index in [0.717, 1.165) is 22.9 Å². The van der Waals surface area contributed by atoms with Crippen LogP contribution in [0.15, 0.2) is 53.1 Å². The number of nitrogens with one attached hydrogen (secondary N) is 1. The highest BCUT2D eigenvalue weighted by Crippen LogP contribution is 2.43. The van der Waals surface area contributed by atoms with Gasteiger partial charge in [0.05, 0.1) is 25.4 Å². The largest absolute Gasteiger partial charge is 0.475 e. The van der Waals surface area contributed by atoms with Crippen molar-refractivity contribution >= 4 is 24.0 Å². The van der Waals surface area contributed by atoms with E-state index in [9.17, 15) is 14.8 Å². The van der Waals surface area contributed by atoms with Crippen molar-refractivity contribution in [3.8, 4) is 0 Å². The zero-order valence-electron chi connectivity index (χ0n) is 17.3. The summed E-state index contributed by atoms with van der Waals surface area (Å²) in [7, 11) is -1.87. The summed E-state index contributed by atoms with van der Waals surface area (Å²) in [4.78, 5) is 12.6. The predicted octanol–water partition coefficient (Wildman–Crippen LogP) is 2.33. The molecule has 1 amide bonds. The first-order valence-electron chi connectivity index (χ1n) is 10.6. The summed E-state index contributed by atoms with van der Waals surface area (Å²) in [5.74, 6) is -2.04. The average molecular weight is 439 g/mol. The first kappa shape index (κ1) is 21.1. The number of hydrogen-bond acceptors (Lipinski definition) is 6. The number of benzene rings is 2. The van der Waals surface area contributed by atoms with E-state index in [2.05, 4.69) is 5.32 Å². The number of rotatable bonds is 6. The van der Waals surface area contributed by atoms with Crippen LogP contribution in [0.25, 0.3) is 11.0 Å². The molecule has 166 valence electrons. The smallest absolute Gasteiger partial charge is 0.464 e. The van der Waals surface area contributed by atoms with Gasteiger partial charge in [0.15, 0.2) is 0 Å². The lowest BCUT2D eigenvalue weighted by Gasteiger charge is -2.22. The average Bonchev–Trinajstić information content (AvgIpc) is 3.53. The first-order valence-corrected chi connectivity index (χ1v) is 10.6. The normalized spacial score (nSPS) is 21.6. The van der Waals surface area contributed by atoms with E-state index >= 15 is 4.39 Å². The van der Waals surface area contributed by atoms with Crippen LogP contribution in [0.4, 0.5) is 4.39 Å². The van der Waals surface area contributed by atoms with Gasteiger partial charge in [0.2, 0.25) is 6.17 Å².